The quantitative estimate of drug-likeness (QED) is 0.895. The van der Waals surface area contributed by atoms with Gasteiger partial charge >= 0.3 is 0 Å². The van der Waals surface area contributed by atoms with Crippen molar-refractivity contribution in [2.24, 2.45) is 29.1 Å². The van der Waals surface area contributed by atoms with Crippen LogP contribution in [0.15, 0.2) is 30.3 Å². The average Bonchev–Trinajstić information content (AvgIpc) is 2.67. The Morgan fingerprint density at radius 3 is 2.48 bits per heavy atom. The van der Waals surface area contributed by atoms with Crippen LogP contribution in [0.3, 0.4) is 0 Å². The molecule has 1 N–H and O–H groups in total. The van der Waals surface area contributed by atoms with Crippen LogP contribution >= 0.6 is 0 Å². The van der Waals surface area contributed by atoms with Crippen LogP contribution in [0.4, 0.5) is 5.69 Å². The van der Waals surface area contributed by atoms with Crippen molar-refractivity contribution in [3.05, 3.63) is 30.3 Å². The van der Waals surface area contributed by atoms with E-state index >= 15 is 0 Å². The molecule has 0 spiro atoms. The summed E-state index contributed by atoms with van der Waals surface area (Å²) < 4.78 is 0. The summed E-state index contributed by atoms with van der Waals surface area (Å²) in [4.78, 5) is 15.0. The van der Waals surface area contributed by atoms with Crippen LogP contribution in [0, 0.1) is 29.1 Å². The molecule has 3 heteroatoms. The number of anilines is 1. The van der Waals surface area contributed by atoms with Crippen molar-refractivity contribution in [1.29, 1.82) is 0 Å². The minimum atomic E-state index is 0.200. The first-order valence-electron chi connectivity index (χ1n) is 10.1. The Balaban J connectivity index is 1.24. The number of carbonyl (C=O) groups is 1. The molecule has 1 amide bonds. The fourth-order valence-electron chi connectivity index (χ4n) is 5.62. The summed E-state index contributed by atoms with van der Waals surface area (Å²) >= 11 is 0. The summed E-state index contributed by atoms with van der Waals surface area (Å²) in [7, 11) is 0. The lowest BCUT2D eigenvalue weighted by Crippen LogP contribution is -2.55. The first kappa shape index (κ1) is 16.9. The highest BCUT2D eigenvalue weighted by Crippen LogP contribution is 2.61. The number of rotatable bonds is 4. The van der Waals surface area contributed by atoms with Crippen molar-refractivity contribution >= 4 is 11.6 Å². The van der Waals surface area contributed by atoms with Gasteiger partial charge in [0, 0.05) is 31.2 Å². The third-order valence-corrected chi connectivity index (χ3v) is 7.53. The van der Waals surface area contributed by atoms with Crippen molar-refractivity contribution in [2.75, 3.05) is 24.5 Å². The van der Waals surface area contributed by atoms with Crippen molar-refractivity contribution < 1.29 is 4.79 Å². The van der Waals surface area contributed by atoms with Crippen molar-refractivity contribution in [2.45, 2.75) is 46.0 Å². The van der Waals surface area contributed by atoms with Gasteiger partial charge in [0.2, 0.25) is 5.91 Å². The molecule has 0 aromatic heterocycles. The lowest BCUT2D eigenvalue weighted by atomic mass is 9.45. The van der Waals surface area contributed by atoms with E-state index in [9.17, 15) is 4.79 Å². The molecule has 1 heterocycles. The highest BCUT2D eigenvalue weighted by molar-refractivity contribution is 5.79. The molecule has 4 fully saturated rings. The second kappa shape index (κ2) is 6.66. The molecule has 1 aromatic rings. The zero-order valence-electron chi connectivity index (χ0n) is 15.7. The molecule has 3 nitrogen and oxygen atoms in total. The summed E-state index contributed by atoms with van der Waals surface area (Å²) in [6.07, 6.45) is 6.01. The number of hydrogen-bond donors (Lipinski definition) is 1. The maximum absolute atomic E-state index is 12.6. The van der Waals surface area contributed by atoms with Crippen molar-refractivity contribution in [3.63, 3.8) is 0 Å². The van der Waals surface area contributed by atoms with E-state index in [1.165, 1.54) is 24.9 Å². The van der Waals surface area contributed by atoms with Crippen LogP contribution < -0.4 is 10.2 Å². The summed E-state index contributed by atoms with van der Waals surface area (Å²) in [5.41, 5.74) is 1.79. The summed E-state index contributed by atoms with van der Waals surface area (Å²) in [5.74, 6) is 2.96. The van der Waals surface area contributed by atoms with E-state index in [-0.39, 0.29) is 5.92 Å². The highest BCUT2D eigenvalue weighted by atomic mass is 16.1. The standard InChI is InChI=1S/C22H32N2O/c1-22(2)18-9-8-17(20(22)14-18)15-23-21(25)16-10-12-24(13-11-16)19-6-4-3-5-7-19/h3-7,16-18,20H,8-15H2,1-2H3,(H,23,25)/t17-,18-,20-/m0/s1. The zero-order chi connectivity index (χ0) is 17.4. The van der Waals surface area contributed by atoms with Crippen LogP contribution in [0.25, 0.3) is 0 Å². The number of para-hydroxylation sites is 1. The fourth-order valence-corrected chi connectivity index (χ4v) is 5.62. The van der Waals surface area contributed by atoms with Gasteiger partial charge in [-0.05, 0) is 67.4 Å². The third kappa shape index (κ3) is 3.18. The number of carbonyl (C=O) groups excluding carboxylic acids is 1. The first-order valence-corrected chi connectivity index (χ1v) is 10.1. The second-order valence-electron chi connectivity index (χ2n) is 9.04. The van der Waals surface area contributed by atoms with Crippen LogP contribution in [-0.2, 0) is 4.79 Å². The average molecular weight is 341 g/mol. The number of fused-ring (bicyclic) bond motifs is 2. The van der Waals surface area contributed by atoms with Crippen LogP contribution in [0.1, 0.15) is 46.0 Å². The summed E-state index contributed by atoms with van der Waals surface area (Å²) in [6.45, 7) is 7.74. The van der Waals surface area contributed by atoms with E-state index < -0.39 is 0 Å². The van der Waals surface area contributed by atoms with E-state index in [1.807, 2.05) is 0 Å². The minimum absolute atomic E-state index is 0.200. The molecule has 1 saturated heterocycles. The van der Waals surface area contributed by atoms with Gasteiger partial charge in [-0.15, -0.1) is 0 Å². The van der Waals surface area contributed by atoms with Gasteiger partial charge in [-0.25, -0.2) is 0 Å². The van der Waals surface area contributed by atoms with Gasteiger partial charge in [0.1, 0.15) is 0 Å². The molecule has 1 aromatic carbocycles. The molecular formula is C22H32N2O. The van der Waals surface area contributed by atoms with Gasteiger partial charge in [-0.2, -0.15) is 0 Å². The topological polar surface area (TPSA) is 32.3 Å². The molecule has 0 radical (unpaired) electrons. The van der Waals surface area contributed by atoms with Crippen molar-refractivity contribution in [3.8, 4) is 0 Å². The number of benzene rings is 1. The smallest absolute Gasteiger partial charge is 0.223 e. The predicted molar refractivity (Wildman–Crippen MR) is 102 cm³/mol. The van der Waals surface area contributed by atoms with Gasteiger partial charge in [0.15, 0.2) is 0 Å². The Morgan fingerprint density at radius 2 is 1.84 bits per heavy atom. The van der Waals surface area contributed by atoms with Crippen LogP contribution in [-0.4, -0.2) is 25.5 Å². The SMILES string of the molecule is CC1(C)[C@H]2CC[C@@H](CNC(=O)C3CCN(c4ccccc4)CC3)[C@@H]1C2. The molecule has 5 rings (SSSR count). The molecule has 3 atom stereocenters. The van der Waals surface area contributed by atoms with E-state index in [1.54, 1.807) is 0 Å². The zero-order valence-corrected chi connectivity index (χ0v) is 15.7. The number of piperidine rings is 1. The van der Waals surface area contributed by atoms with Crippen molar-refractivity contribution in [1.82, 2.24) is 5.32 Å². The molecule has 1 aliphatic heterocycles. The molecule has 2 bridgehead atoms. The summed E-state index contributed by atoms with van der Waals surface area (Å²) in [5, 5.41) is 3.31. The fraction of sp³-hybridized carbons (Fsp3) is 0.682. The van der Waals surface area contributed by atoms with Gasteiger partial charge < -0.3 is 10.2 Å². The molecule has 4 aliphatic rings. The van der Waals surface area contributed by atoms with Gasteiger partial charge in [-0.1, -0.05) is 32.0 Å². The molecule has 0 unspecified atom stereocenters. The number of nitrogens with zero attached hydrogens (tertiary/aromatic N) is 1. The third-order valence-electron chi connectivity index (χ3n) is 7.53. The molecule has 25 heavy (non-hydrogen) atoms. The Kier molecular flexibility index (Phi) is 4.51. The van der Waals surface area contributed by atoms with Gasteiger partial charge in [0.25, 0.3) is 0 Å². The van der Waals surface area contributed by atoms with Gasteiger partial charge in [-0.3, -0.25) is 4.79 Å². The monoisotopic (exact) mass is 340 g/mol. The normalized spacial score (nSPS) is 31.3. The lowest BCUT2D eigenvalue weighted by Gasteiger charge is -2.60. The Labute approximate surface area is 152 Å². The molecule has 3 aliphatic carbocycles. The maximum Gasteiger partial charge on any atom is 0.223 e. The Morgan fingerprint density at radius 1 is 1.12 bits per heavy atom. The van der Waals surface area contributed by atoms with E-state index in [2.05, 4.69) is 54.4 Å². The minimum Gasteiger partial charge on any atom is -0.371 e. The second-order valence-corrected chi connectivity index (χ2v) is 9.04. The largest absolute Gasteiger partial charge is 0.371 e. The van der Waals surface area contributed by atoms with E-state index in [0.29, 0.717) is 17.2 Å². The number of hydrogen-bond acceptors (Lipinski definition) is 2. The molecular weight excluding hydrogens is 308 g/mol. The molecule has 3 saturated carbocycles. The number of nitrogens with one attached hydrogen (secondary N) is 1. The highest BCUT2D eigenvalue weighted by Gasteiger charge is 2.53. The van der Waals surface area contributed by atoms with E-state index in [4.69, 9.17) is 0 Å². The first-order chi connectivity index (χ1) is 12.1. The lowest BCUT2D eigenvalue weighted by molar-refractivity contribution is -0.128. The van der Waals surface area contributed by atoms with Crippen LogP contribution in [0.5, 0.6) is 0 Å². The Bertz CT molecular complexity index is 602. The Hall–Kier alpha value is -1.51. The predicted octanol–water partition coefficient (Wildman–Crippen LogP) is 4.09. The van der Waals surface area contributed by atoms with Crippen LogP contribution in [0.2, 0.25) is 0 Å². The van der Waals surface area contributed by atoms with E-state index in [0.717, 1.165) is 44.3 Å². The summed E-state index contributed by atoms with van der Waals surface area (Å²) in [6, 6.07) is 10.6. The maximum atomic E-state index is 12.6. The molecule has 136 valence electrons. The van der Waals surface area contributed by atoms with Gasteiger partial charge in [0.05, 0.1) is 0 Å². The number of amides is 1.